The number of aliphatic hydroxyl groups is 1. The lowest BCUT2D eigenvalue weighted by atomic mass is 9.98. The minimum Gasteiger partial charge on any atom is -0.457 e. The first-order valence-corrected chi connectivity index (χ1v) is 17.9. The molecule has 5 aromatic rings. The summed E-state index contributed by atoms with van der Waals surface area (Å²) in [5.74, 6) is 1.45. The van der Waals surface area contributed by atoms with Crippen molar-refractivity contribution in [3.63, 3.8) is 0 Å². The van der Waals surface area contributed by atoms with Gasteiger partial charge in [0, 0.05) is 30.8 Å². The van der Waals surface area contributed by atoms with Crippen molar-refractivity contribution in [2.24, 2.45) is 0 Å². The summed E-state index contributed by atoms with van der Waals surface area (Å²) in [6.07, 6.45) is 3.96. The average Bonchev–Trinajstić information content (AvgIpc) is 3.19. The van der Waals surface area contributed by atoms with Gasteiger partial charge >= 0.3 is 6.03 Å². The minimum atomic E-state index is -0.511. The highest BCUT2D eigenvalue weighted by Crippen LogP contribution is 2.39. The number of hydrogen-bond donors (Lipinski definition) is 3. The van der Waals surface area contributed by atoms with Crippen molar-refractivity contribution in [1.82, 2.24) is 10.2 Å². The summed E-state index contributed by atoms with van der Waals surface area (Å²) in [7, 11) is 0. The number of urea groups is 1. The summed E-state index contributed by atoms with van der Waals surface area (Å²) >= 11 is 0. The van der Waals surface area contributed by atoms with Gasteiger partial charge < -0.3 is 34.9 Å². The second-order valence-corrected chi connectivity index (χ2v) is 13.3. The molecule has 8 nitrogen and oxygen atoms in total. The number of para-hydroxylation sites is 1. The summed E-state index contributed by atoms with van der Waals surface area (Å²) in [4.78, 5) is 15.3. The predicted octanol–water partition coefficient (Wildman–Crippen LogP) is 8.99. The van der Waals surface area contributed by atoms with E-state index in [9.17, 15) is 9.90 Å². The second kappa shape index (κ2) is 16.8. The summed E-state index contributed by atoms with van der Waals surface area (Å²) in [5, 5.41) is 15.4. The number of likely N-dealkylation sites (tertiary alicyclic amines) is 1. The van der Waals surface area contributed by atoms with E-state index in [-0.39, 0.29) is 24.8 Å². The van der Waals surface area contributed by atoms with Crippen LogP contribution in [0.25, 0.3) is 11.1 Å². The van der Waals surface area contributed by atoms with E-state index < -0.39 is 6.29 Å². The molecule has 51 heavy (non-hydrogen) atoms. The number of aliphatic hydroxyl groups excluding tert-OH is 1. The third-order valence-electron chi connectivity index (χ3n) is 9.49. The monoisotopic (exact) mass is 683 g/mol. The van der Waals surface area contributed by atoms with Gasteiger partial charge in [-0.15, -0.1) is 0 Å². The van der Waals surface area contributed by atoms with E-state index in [2.05, 4.69) is 58.0 Å². The molecule has 0 aromatic heterocycles. The Morgan fingerprint density at radius 3 is 2.22 bits per heavy atom. The first-order chi connectivity index (χ1) is 25.1. The van der Waals surface area contributed by atoms with Crippen LogP contribution in [0.15, 0.2) is 127 Å². The van der Waals surface area contributed by atoms with Crippen LogP contribution in [0.4, 0.5) is 10.5 Å². The fourth-order valence-corrected chi connectivity index (χ4v) is 6.78. The molecule has 2 saturated heterocycles. The number of nitrogens with zero attached hydrogens (tertiary/aromatic N) is 1. The molecule has 2 fully saturated rings. The fraction of sp³-hybridized carbons (Fsp3) is 0.279. The number of anilines is 1. The minimum absolute atomic E-state index is 0.0207. The fourth-order valence-electron chi connectivity index (χ4n) is 6.78. The molecular weight excluding hydrogens is 638 g/mol. The van der Waals surface area contributed by atoms with Gasteiger partial charge in [-0.05, 0) is 102 Å². The smallest absolute Gasteiger partial charge is 0.319 e. The number of hydrogen-bond acceptors (Lipinski definition) is 6. The maximum absolute atomic E-state index is 12.8. The first-order valence-electron chi connectivity index (χ1n) is 17.9. The van der Waals surface area contributed by atoms with Gasteiger partial charge in [-0.2, -0.15) is 0 Å². The van der Waals surface area contributed by atoms with Crippen molar-refractivity contribution in [3.8, 4) is 22.6 Å². The van der Waals surface area contributed by atoms with Gasteiger partial charge in [-0.1, -0.05) is 85.3 Å². The van der Waals surface area contributed by atoms with Crippen molar-refractivity contribution >= 4 is 11.7 Å². The number of benzene rings is 5. The number of carbonyl (C=O) groups excluding carboxylic acids is 1. The van der Waals surface area contributed by atoms with E-state index in [1.807, 2.05) is 84.9 Å². The normalized spacial score (nSPS) is 19.3. The van der Waals surface area contributed by atoms with Gasteiger partial charge in [0.25, 0.3) is 0 Å². The second-order valence-electron chi connectivity index (χ2n) is 13.3. The molecule has 0 radical (unpaired) electrons. The summed E-state index contributed by atoms with van der Waals surface area (Å²) < 4.78 is 19.2. The highest BCUT2D eigenvalue weighted by Gasteiger charge is 2.33. The van der Waals surface area contributed by atoms with Crippen molar-refractivity contribution in [2.75, 3.05) is 25.0 Å². The molecule has 3 unspecified atom stereocenters. The zero-order valence-electron chi connectivity index (χ0n) is 28.7. The molecule has 2 heterocycles. The molecule has 0 spiro atoms. The van der Waals surface area contributed by atoms with Crippen LogP contribution in [0, 0.1) is 0 Å². The largest absolute Gasteiger partial charge is 0.457 e. The van der Waals surface area contributed by atoms with Crippen molar-refractivity contribution in [1.29, 1.82) is 0 Å². The van der Waals surface area contributed by atoms with Crippen LogP contribution < -0.4 is 15.4 Å². The Morgan fingerprint density at radius 1 is 0.725 bits per heavy atom. The first kappa shape index (κ1) is 34.5. The number of amides is 2. The maximum atomic E-state index is 12.8. The molecule has 7 rings (SSSR count). The summed E-state index contributed by atoms with van der Waals surface area (Å²) in [5.41, 5.74) is 6.70. The third kappa shape index (κ3) is 9.42. The van der Waals surface area contributed by atoms with Crippen LogP contribution in [-0.2, 0) is 22.6 Å². The van der Waals surface area contributed by atoms with Crippen LogP contribution in [-0.4, -0.2) is 41.8 Å². The molecule has 2 aliphatic heterocycles. The highest BCUT2D eigenvalue weighted by molar-refractivity contribution is 5.89. The third-order valence-corrected chi connectivity index (χ3v) is 9.49. The number of nitrogens with one attached hydrogen (secondary N) is 2. The van der Waals surface area contributed by atoms with Gasteiger partial charge in [0.2, 0.25) is 0 Å². The van der Waals surface area contributed by atoms with Gasteiger partial charge in [0.1, 0.15) is 11.5 Å². The SMILES string of the molecule is O=C(NCc1cccc(-c2cccc(C3OC(CN4CCCCC4)CC(c4ccc(CO)cc4)O3)c2)c1)Nc1ccc(Oc2ccccc2)cc1. The molecule has 3 atom stereocenters. The molecule has 0 aliphatic carbocycles. The van der Waals surface area contributed by atoms with E-state index in [0.717, 1.165) is 65.2 Å². The van der Waals surface area contributed by atoms with Gasteiger partial charge in [0.05, 0.1) is 18.8 Å². The number of carbonyl (C=O) groups is 1. The molecule has 8 heteroatoms. The summed E-state index contributed by atoms with van der Waals surface area (Å²) in [6, 6.07) is 41.2. The highest BCUT2D eigenvalue weighted by atomic mass is 16.7. The van der Waals surface area contributed by atoms with Crippen molar-refractivity contribution in [2.45, 2.75) is 57.3 Å². The lowest BCUT2D eigenvalue weighted by Gasteiger charge is -2.39. The molecule has 3 N–H and O–H groups in total. The summed E-state index contributed by atoms with van der Waals surface area (Å²) in [6.45, 7) is 3.51. The Labute approximate surface area is 300 Å². The van der Waals surface area contributed by atoms with E-state index in [1.165, 1.54) is 19.3 Å². The Bertz CT molecular complexity index is 1860. The van der Waals surface area contributed by atoms with Crippen LogP contribution in [0.1, 0.15) is 60.3 Å². The Hall–Kier alpha value is -4.99. The molecule has 0 saturated carbocycles. The van der Waals surface area contributed by atoms with E-state index >= 15 is 0 Å². The molecule has 5 aromatic carbocycles. The Balaban J connectivity index is 0.996. The number of rotatable bonds is 11. The topological polar surface area (TPSA) is 92.3 Å². The van der Waals surface area contributed by atoms with Gasteiger partial charge in [-0.25, -0.2) is 4.79 Å². The number of ether oxygens (including phenoxy) is 3. The van der Waals surface area contributed by atoms with Crippen molar-refractivity contribution in [3.05, 3.63) is 150 Å². The zero-order chi connectivity index (χ0) is 34.8. The standard InChI is InChI=1S/C43H45N3O5/c47-30-31-15-17-33(18-16-31)41-27-40(29-46-23-5-2-6-24-46)50-42(51-41)36-12-8-11-35(26-36)34-10-7-9-32(25-34)28-44-43(48)45-37-19-21-39(22-20-37)49-38-13-3-1-4-14-38/h1,3-4,7-22,25-26,40-42,47H,2,5-6,23-24,27-30H2,(H2,44,45,48). The van der Waals surface area contributed by atoms with Crippen LogP contribution in [0.5, 0.6) is 11.5 Å². The predicted molar refractivity (Wildman–Crippen MR) is 199 cm³/mol. The number of piperidine rings is 1. The zero-order valence-corrected chi connectivity index (χ0v) is 28.7. The van der Waals surface area contributed by atoms with E-state index in [1.54, 1.807) is 0 Å². The van der Waals surface area contributed by atoms with Crippen LogP contribution in [0.3, 0.4) is 0 Å². The Kier molecular flexibility index (Phi) is 11.4. The van der Waals surface area contributed by atoms with Gasteiger partial charge in [-0.3, -0.25) is 0 Å². The molecule has 0 bridgehead atoms. The quantitative estimate of drug-likeness (QED) is 0.129. The molecular formula is C43H45N3O5. The van der Waals surface area contributed by atoms with Crippen molar-refractivity contribution < 1.29 is 24.1 Å². The van der Waals surface area contributed by atoms with Crippen LogP contribution >= 0.6 is 0 Å². The van der Waals surface area contributed by atoms with Gasteiger partial charge in [0.15, 0.2) is 6.29 Å². The van der Waals surface area contributed by atoms with E-state index in [0.29, 0.717) is 18.0 Å². The van der Waals surface area contributed by atoms with Crippen LogP contribution in [0.2, 0.25) is 0 Å². The Morgan fingerprint density at radius 2 is 1.45 bits per heavy atom. The molecule has 262 valence electrons. The average molecular weight is 684 g/mol. The lowest BCUT2D eigenvalue weighted by molar-refractivity contribution is -0.253. The molecule has 2 amide bonds. The molecule has 2 aliphatic rings. The maximum Gasteiger partial charge on any atom is 0.319 e. The lowest BCUT2D eigenvalue weighted by Crippen LogP contribution is -2.41. The van der Waals surface area contributed by atoms with E-state index in [4.69, 9.17) is 14.2 Å².